The number of benzene rings is 1. The Morgan fingerprint density at radius 1 is 1.08 bits per heavy atom. The fourth-order valence-electron chi connectivity index (χ4n) is 2.99. The van der Waals surface area contributed by atoms with Crippen molar-refractivity contribution in [3.63, 3.8) is 0 Å². The third kappa shape index (κ3) is 6.60. The Bertz CT molecular complexity index is 521. The Balaban J connectivity index is 1.68. The molecule has 132 valence electrons. The van der Waals surface area contributed by atoms with Gasteiger partial charge in [-0.05, 0) is 36.6 Å². The Labute approximate surface area is 143 Å². The zero-order valence-electron chi connectivity index (χ0n) is 14.4. The molecule has 0 aliphatic heterocycles. The van der Waals surface area contributed by atoms with Gasteiger partial charge in [-0.25, -0.2) is 0 Å². The molecule has 1 N–H and O–H groups in total. The third-order valence-electron chi connectivity index (χ3n) is 4.44. The second-order valence-electron chi connectivity index (χ2n) is 6.29. The lowest BCUT2D eigenvalue weighted by Crippen LogP contribution is -2.14. The van der Waals surface area contributed by atoms with Crippen molar-refractivity contribution in [1.29, 1.82) is 0 Å². The van der Waals surface area contributed by atoms with Crippen molar-refractivity contribution in [3.8, 4) is 5.75 Å². The number of nitrogens with one attached hydrogen (secondary N) is 1. The molecule has 1 aliphatic rings. The summed E-state index contributed by atoms with van der Waals surface area (Å²) < 4.78 is 10.3. The molecule has 5 nitrogen and oxygen atoms in total. The van der Waals surface area contributed by atoms with Gasteiger partial charge in [0.25, 0.3) is 0 Å². The van der Waals surface area contributed by atoms with Gasteiger partial charge in [0.1, 0.15) is 5.75 Å². The van der Waals surface area contributed by atoms with Gasteiger partial charge in [0, 0.05) is 12.1 Å². The maximum Gasteiger partial charge on any atom is 0.306 e. The van der Waals surface area contributed by atoms with Crippen molar-refractivity contribution in [2.24, 2.45) is 5.92 Å². The molecule has 0 bridgehead atoms. The van der Waals surface area contributed by atoms with E-state index in [0.717, 1.165) is 24.7 Å². The van der Waals surface area contributed by atoms with Crippen molar-refractivity contribution < 1.29 is 19.1 Å². The molecule has 24 heavy (non-hydrogen) atoms. The first-order valence-electron chi connectivity index (χ1n) is 8.77. The summed E-state index contributed by atoms with van der Waals surface area (Å²) in [6.45, 7) is 0.746. The highest BCUT2D eigenvalue weighted by molar-refractivity contribution is 5.92. The number of amides is 1. The van der Waals surface area contributed by atoms with Gasteiger partial charge in [-0.3, -0.25) is 9.59 Å². The Hall–Kier alpha value is -2.04. The number of carbonyl (C=O) groups excluding carboxylic acids is 2. The summed E-state index contributed by atoms with van der Waals surface area (Å²) in [5.74, 6) is 1.05. The first-order chi connectivity index (χ1) is 11.7. The molecular formula is C19H27NO4. The van der Waals surface area contributed by atoms with Crippen LogP contribution in [0, 0.1) is 5.92 Å². The van der Waals surface area contributed by atoms with Crippen LogP contribution in [0.5, 0.6) is 5.75 Å². The van der Waals surface area contributed by atoms with Crippen LogP contribution in [0.4, 0.5) is 5.69 Å². The van der Waals surface area contributed by atoms with Crippen LogP contribution in [0.1, 0.15) is 51.4 Å². The fraction of sp³-hybridized carbons (Fsp3) is 0.579. The van der Waals surface area contributed by atoms with E-state index in [1.807, 2.05) is 24.3 Å². The molecule has 1 fully saturated rings. The Morgan fingerprint density at radius 3 is 2.46 bits per heavy atom. The van der Waals surface area contributed by atoms with Crippen LogP contribution in [0.3, 0.4) is 0 Å². The minimum Gasteiger partial charge on any atom is -0.494 e. The summed E-state index contributed by atoms with van der Waals surface area (Å²) in [4.78, 5) is 22.7. The number of hydrogen-bond donors (Lipinski definition) is 1. The zero-order valence-corrected chi connectivity index (χ0v) is 14.4. The molecule has 1 amide bonds. The van der Waals surface area contributed by atoms with Gasteiger partial charge >= 0.3 is 5.97 Å². The lowest BCUT2D eigenvalue weighted by atomic mass is 9.87. The van der Waals surface area contributed by atoms with E-state index in [4.69, 9.17) is 4.74 Å². The average molecular weight is 333 g/mol. The second kappa shape index (κ2) is 9.96. The largest absolute Gasteiger partial charge is 0.494 e. The number of rotatable bonds is 8. The predicted molar refractivity (Wildman–Crippen MR) is 93.0 cm³/mol. The summed E-state index contributed by atoms with van der Waals surface area (Å²) in [5, 5.41) is 2.75. The van der Waals surface area contributed by atoms with Crippen molar-refractivity contribution in [2.75, 3.05) is 19.0 Å². The number of carbonyl (C=O) groups is 2. The molecule has 1 aromatic carbocycles. The Morgan fingerprint density at radius 2 is 1.79 bits per heavy atom. The van der Waals surface area contributed by atoms with Crippen molar-refractivity contribution >= 4 is 17.6 Å². The zero-order chi connectivity index (χ0) is 17.2. The van der Waals surface area contributed by atoms with Crippen LogP contribution in [-0.4, -0.2) is 25.6 Å². The lowest BCUT2D eigenvalue weighted by molar-refractivity contribution is -0.141. The average Bonchev–Trinajstić information content (AvgIpc) is 2.62. The fourth-order valence-corrected chi connectivity index (χ4v) is 2.99. The highest BCUT2D eigenvalue weighted by Crippen LogP contribution is 2.26. The molecule has 0 saturated heterocycles. The third-order valence-corrected chi connectivity index (χ3v) is 4.44. The molecule has 5 heteroatoms. The molecule has 0 radical (unpaired) electrons. The number of anilines is 1. The first-order valence-corrected chi connectivity index (χ1v) is 8.77. The number of methoxy groups -OCH3 is 1. The topological polar surface area (TPSA) is 64.6 Å². The Kier molecular flexibility index (Phi) is 7.59. The molecule has 1 saturated carbocycles. The maximum absolute atomic E-state index is 11.7. The van der Waals surface area contributed by atoms with Crippen LogP contribution in [0.25, 0.3) is 0 Å². The smallest absolute Gasteiger partial charge is 0.306 e. The monoisotopic (exact) mass is 333 g/mol. The van der Waals surface area contributed by atoms with E-state index >= 15 is 0 Å². The van der Waals surface area contributed by atoms with E-state index in [-0.39, 0.29) is 24.7 Å². The van der Waals surface area contributed by atoms with Crippen LogP contribution >= 0.6 is 0 Å². The van der Waals surface area contributed by atoms with Crippen LogP contribution in [-0.2, 0) is 14.3 Å². The molecule has 0 aromatic heterocycles. The van der Waals surface area contributed by atoms with Gasteiger partial charge in [-0.1, -0.05) is 32.1 Å². The van der Waals surface area contributed by atoms with Crippen LogP contribution < -0.4 is 10.1 Å². The van der Waals surface area contributed by atoms with Crippen molar-refractivity contribution in [3.05, 3.63) is 24.3 Å². The van der Waals surface area contributed by atoms with Gasteiger partial charge in [-0.15, -0.1) is 0 Å². The summed E-state index contributed by atoms with van der Waals surface area (Å²) in [5.41, 5.74) is 0.699. The number of ether oxygens (including phenoxy) is 2. The van der Waals surface area contributed by atoms with Crippen LogP contribution in [0.2, 0.25) is 0 Å². The molecule has 2 rings (SSSR count). The quantitative estimate of drug-likeness (QED) is 0.732. The van der Waals surface area contributed by atoms with Gasteiger partial charge in [0.15, 0.2) is 0 Å². The molecule has 0 unspecified atom stereocenters. The minimum absolute atomic E-state index is 0.0880. The van der Waals surface area contributed by atoms with E-state index < -0.39 is 0 Å². The van der Waals surface area contributed by atoms with E-state index in [9.17, 15) is 9.59 Å². The highest BCUT2D eigenvalue weighted by Gasteiger charge is 2.13. The van der Waals surface area contributed by atoms with Gasteiger partial charge in [-0.2, -0.15) is 0 Å². The van der Waals surface area contributed by atoms with E-state index in [1.54, 1.807) is 0 Å². The summed E-state index contributed by atoms with van der Waals surface area (Å²) in [7, 11) is 1.31. The van der Waals surface area contributed by atoms with Gasteiger partial charge in [0.05, 0.1) is 20.1 Å². The number of hydrogen-bond acceptors (Lipinski definition) is 4. The predicted octanol–water partition coefficient (Wildman–Crippen LogP) is 3.93. The van der Waals surface area contributed by atoms with E-state index in [1.165, 1.54) is 39.2 Å². The number of esters is 1. The SMILES string of the molecule is COC(=O)CCC(=O)Nc1ccc(OCCC2CCCCC2)cc1. The second-order valence-corrected chi connectivity index (χ2v) is 6.29. The minimum atomic E-state index is -0.383. The van der Waals surface area contributed by atoms with Crippen molar-refractivity contribution in [1.82, 2.24) is 0 Å². The lowest BCUT2D eigenvalue weighted by Gasteiger charge is -2.21. The first kappa shape index (κ1) is 18.3. The van der Waals surface area contributed by atoms with Gasteiger partial charge in [0.2, 0.25) is 5.91 Å². The standard InChI is InChI=1S/C19H27NO4/c1-23-19(22)12-11-18(21)20-16-7-9-17(10-8-16)24-14-13-15-5-3-2-4-6-15/h7-10,15H,2-6,11-14H2,1H3,(H,20,21). The van der Waals surface area contributed by atoms with Crippen LogP contribution in [0.15, 0.2) is 24.3 Å². The molecule has 1 aliphatic carbocycles. The van der Waals surface area contributed by atoms with E-state index in [2.05, 4.69) is 10.1 Å². The molecular weight excluding hydrogens is 306 g/mol. The van der Waals surface area contributed by atoms with Crippen molar-refractivity contribution in [2.45, 2.75) is 51.4 Å². The molecule has 0 atom stereocenters. The summed E-state index contributed by atoms with van der Waals surface area (Å²) in [6.07, 6.45) is 8.08. The van der Waals surface area contributed by atoms with Gasteiger partial charge < -0.3 is 14.8 Å². The van der Waals surface area contributed by atoms with E-state index in [0.29, 0.717) is 5.69 Å². The maximum atomic E-state index is 11.7. The molecule has 0 heterocycles. The normalized spacial score (nSPS) is 14.9. The highest BCUT2D eigenvalue weighted by atomic mass is 16.5. The molecule has 1 aromatic rings. The molecule has 0 spiro atoms. The summed E-state index contributed by atoms with van der Waals surface area (Å²) >= 11 is 0. The summed E-state index contributed by atoms with van der Waals surface area (Å²) in [6, 6.07) is 7.34.